The van der Waals surface area contributed by atoms with Gasteiger partial charge in [0.1, 0.15) is 6.10 Å². The molecule has 76 valence electrons. The van der Waals surface area contributed by atoms with E-state index in [1.807, 2.05) is 19.0 Å². The van der Waals surface area contributed by atoms with E-state index < -0.39 is 0 Å². The number of hydrogen-bond acceptors (Lipinski definition) is 3. The van der Waals surface area contributed by atoms with Gasteiger partial charge in [-0.05, 0) is 38.7 Å². The number of hydrogen-bond donors (Lipinski definition) is 0. The Bertz CT molecular complexity index is 184. The second kappa shape index (κ2) is 4.77. The molecule has 3 nitrogen and oxygen atoms in total. The molecule has 0 saturated carbocycles. The van der Waals surface area contributed by atoms with Crippen molar-refractivity contribution in [3.05, 3.63) is 0 Å². The number of ether oxygens (including phenoxy) is 1. The molecule has 1 rings (SSSR count). The van der Waals surface area contributed by atoms with Crippen LogP contribution in [-0.2, 0) is 4.74 Å². The molecule has 0 spiro atoms. The van der Waals surface area contributed by atoms with Gasteiger partial charge in [-0.25, -0.2) is 0 Å². The van der Waals surface area contributed by atoms with Crippen LogP contribution in [-0.4, -0.2) is 55.3 Å². The maximum atomic E-state index is 5.64. The van der Waals surface area contributed by atoms with Gasteiger partial charge >= 0.3 is 0 Å². The summed E-state index contributed by atoms with van der Waals surface area (Å²) in [5, 5.41) is 0.598. The van der Waals surface area contributed by atoms with E-state index in [4.69, 9.17) is 17.0 Å². The summed E-state index contributed by atoms with van der Waals surface area (Å²) in [7, 11) is 5.94. The zero-order valence-corrected chi connectivity index (χ0v) is 9.43. The Morgan fingerprint density at radius 2 is 2.23 bits per heavy atom. The Hall–Kier alpha value is -0.350. The lowest BCUT2D eigenvalue weighted by molar-refractivity contribution is 0.0855. The smallest absolute Gasteiger partial charge is 0.259 e. The van der Waals surface area contributed by atoms with Crippen molar-refractivity contribution in [3.8, 4) is 0 Å². The molecule has 1 aliphatic rings. The minimum Gasteiger partial charge on any atom is -0.466 e. The van der Waals surface area contributed by atoms with Crippen molar-refractivity contribution in [3.63, 3.8) is 0 Å². The van der Waals surface area contributed by atoms with Crippen LogP contribution in [0.5, 0.6) is 0 Å². The molecule has 1 atom stereocenters. The van der Waals surface area contributed by atoms with Gasteiger partial charge in [-0.2, -0.15) is 0 Å². The molecule has 0 aromatic carbocycles. The van der Waals surface area contributed by atoms with E-state index in [9.17, 15) is 0 Å². The number of likely N-dealkylation sites (tertiary alicyclic amines) is 1. The van der Waals surface area contributed by atoms with E-state index in [-0.39, 0.29) is 6.10 Å². The van der Waals surface area contributed by atoms with Crippen LogP contribution in [0.2, 0.25) is 0 Å². The molecule has 1 unspecified atom stereocenters. The summed E-state index contributed by atoms with van der Waals surface area (Å²) in [5.74, 6) is 0. The molecular weight excluding hydrogens is 184 g/mol. The molecule has 0 radical (unpaired) electrons. The van der Waals surface area contributed by atoms with Gasteiger partial charge in [0.2, 0.25) is 0 Å². The first kappa shape index (κ1) is 10.7. The Morgan fingerprint density at radius 3 is 2.77 bits per heavy atom. The number of thiocarbonyl (C=S) groups is 1. The van der Waals surface area contributed by atoms with Crippen molar-refractivity contribution in [1.82, 2.24) is 9.80 Å². The molecule has 0 aliphatic carbocycles. The van der Waals surface area contributed by atoms with Crippen LogP contribution < -0.4 is 0 Å². The van der Waals surface area contributed by atoms with Gasteiger partial charge in [0.15, 0.2) is 0 Å². The number of nitrogens with zero attached hydrogens (tertiary/aromatic N) is 2. The first-order chi connectivity index (χ1) is 6.09. The predicted molar refractivity (Wildman–Crippen MR) is 57.9 cm³/mol. The summed E-state index contributed by atoms with van der Waals surface area (Å²) in [5.41, 5.74) is 0. The lowest BCUT2D eigenvalue weighted by Crippen LogP contribution is -2.39. The zero-order valence-electron chi connectivity index (χ0n) is 8.62. The molecule has 1 saturated heterocycles. The van der Waals surface area contributed by atoms with Crippen LogP contribution in [0.1, 0.15) is 12.8 Å². The topological polar surface area (TPSA) is 15.7 Å². The maximum Gasteiger partial charge on any atom is 0.259 e. The molecule has 0 bridgehead atoms. The molecule has 0 N–H and O–H groups in total. The van der Waals surface area contributed by atoms with Gasteiger partial charge in [0.05, 0.1) is 0 Å². The fraction of sp³-hybridized carbons (Fsp3) is 0.889. The molecule has 1 fully saturated rings. The van der Waals surface area contributed by atoms with Crippen molar-refractivity contribution in [2.45, 2.75) is 18.9 Å². The largest absolute Gasteiger partial charge is 0.466 e. The van der Waals surface area contributed by atoms with Crippen LogP contribution in [0.15, 0.2) is 0 Å². The van der Waals surface area contributed by atoms with Crippen LogP contribution >= 0.6 is 12.2 Å². The molecule has 0 aromatic rings. The summed E-state index contributed by atoms with van der Waals surface area (Å²) in [6.45, 7) is 2.17. The van der Waals surface area contributed by atoms with Crippen LogP contribution in [0.3, 0.4) is 0 Å². The fourth-order valence-corrected chi connectivity index (χ4v) is 1.60. The van der Waals surface area contributed by atoms with Gasteiger partial charge in [-0.15, -0.1) is 0 Å². The summed E-state index contributed by atoms with van der Waals surface area (Å²) < 4.78 is 5.64. The number of likely N-dealkylation sites (N-methyl/N-ethyl adjacent to an activating group) is 1. The first-order valence-corrected chi connectivity index (χ1v) is 5.07. The van der Waals surface area contributed by atoms with E-state index in [2.05, 4.69) is 11.9 Å². The highest BCUT2D eigenvalue weighted by atomic mass is 32.1. The summed E-state index contributed by atoms with van der Waals surface area (Å²) >= 11 is 5.08. The van der Waals surface area contributed by atoms with E-state index >= 15 is 0 Å². The standard InChI is InChI=1S/C9H18N2OS/c1-10(2)9(13)12-8-5-4-6-11(3)7-8/h8H,4-7H2,1-3H3. The van der Waals surface area contributed by atoms with E-state index in [1.165, 1.54) is 13.0 Å². The highest BCUT2D eigenvalue weighted by molar-refractivity contribution is 7.80. The second-order valence-electron chi connectivity index (χ2n) is 3.80. The van der Waals surface area contributed by atoms with Crippen molar-refractivity contribution in [2.24, 2.45) is 0 Å². The second-order valence-corrected chi connectivity index (χ2v) is 4.15. The van der Waals surface area contributed by atoms with Crippen LogP contribution in [0, 0.1) is 0 Å². The molecule has 1 aliphatic heterocycles. The van der Waals surface area contributed by atoms with Crippen molar-refractivity contribution in [2.75, 3.05) is 34.2 Å². The van der Waals surface area contributed by atoms with Gasteiger partial charge in [0, 0.05) is 20.6 Å². The number of piperidine rings is 1. The average molecular weight is 202 g/mol. The molecular formula is C9H18N2OS. The van der Waals surface area contributed by atoms with Gasteiger partial charge < -0.3 is 14.5 Å². The average Bonchev–Trinajstić information content (AvgIpc) is 2.04. The van der Waals surface area contributed by atoms with Gasteiger partial charge in [-0.3, -0.25) is 0 Å². The maximum absolute atomic E-state index is 5.64. The SMILES string of the molecule is CN1CCCC(OC(=S)N(C)C)C1. The molecule has 0 amide bonds. The normalized spacial score (nSPS) is 24.1. The Balaban J connectivity index is 2.31. The molecule has 13 heavy (non-hydrogen) atoms. The third-order valence-corrected chi connectivity index (χ3v) is 2.68. The summed E-state index contributed by atoms with van der Waals surface area (Å²) in [6, 6.07) is 0. The lowest BCUT2D eigenvalue weighted by Gasteiger charge is -2.31. The Labute approximate surface area is 85.6 Å². The van der Waals surface area contributed by atoms with Crippen molar-refractivity contribution < 1.29 is 4.74 Å². The van der Waals surface area contributed by atoms with E-state index in [1.54, 1.807) is 0 Å². The number of rotatable bonds is 1. The van der Waals surface area contributed by atoms with Crippen molar-refractivity contribution >= 4 is 17.4 Å². The lowest BCUT2D eigenvalue weighted by atomic mass is 10.1. The van der Waals surface area contributed by atoms with Crippen LogP contribution in [0.4, 0.5) is 0 Å². The zero-order chi connectivity index (χ0) is 9.84. The highest BCUT2D eigenvalue weighted by Crippen LogP contribution is 2.12. The molecule has 1 heterocycles. The Morgan fingerprint density at radius 1 is 1.54 bits per heavy atom. The van der Waals surface area contributed by atoms with E-state index in [0.717, 1.165) is 13.0 Å². The van der Waals surface area contributed by atoms with Crippen molar-refractivity contribution in [1.29, 1.82) is 0 Å². The monoisotopic (exact) mass is 202 g/mol. The molecule has 0 aromatic heterocycles. The minimum atomic E-state index is 0.286. The highest BCUT2D eigenvalue weighted by Gasteiger charge is 2.19. The Kier molecular flexibility index (Phi) is 3.93. The predicted octanol–water partition coefficient (Wildman–Crippen LogP) is 0.944. The minimum absolute atomic E-state index is 0.286. The van der Waals surface area contributed by atoms with E-state index in [0.29, 0.717) is 5.17 Å². The first-order valence-electron chi connectivity index (χ1n) is 4.66. The fourth-order valence-electron chi connectivity index (χ4n) is 1.46. The summed E-state index contributed by atoms with van der Waals surface area (Å²) in [6.07, 6.45) is 2.61. The third-order valence-electron chi connectivity index (χ3n) is 2.21. The third kappa shape index (κ3) is 3.48. The van der Waals surface area contributed by atoms with Gasteiger partial charge in [-0.1, -0.05) is 0 Å². The van der Waals surface area contributed by atoms with Gasteiger partial charge in [0.25, 0.3) is 5.17 Å². The van der Waals surface area contributed by atoms with Crippen LogP contribution in [0.25, 0.3) is 0 Å². The molecule has 4 heteroatoms. The summed E-state index contributed by atoms with van der Waals surface area (Å²) in [4.78, 5) is 4.12. The quantitative estimate of drug-likeness (QED) is 0.588.